The highest BCUT2D eigenvalue weighted by atomic mass is 16.2. The number of anilines is 1. The molecule has 0 radical (unpaired) electrons. The van der Waals surface area contributed by atoms with E-state index in [2.05, 4.69) is 20.8 Å². The topological polar surface area (TPSA) is 83.5 Å². The third-order valence-electron chi connectivity index (χ3n) is 3.11. The number of nitrogens with one attached hydrogen (secondary N) is 2. The molecule has 0 saturated heterocycles. The summed E-state index contributed by atoms with van der Waals surface area (Å²) in [4.78, 5) is 27.6. The van der Waals surface area contributed by atoms with E-state index in [0.29, 0.717) is 23.6 Å². The predicted molar refractivity (Wildman–Crippen MR) is 93.8 cm³/mol. The minimum Gasteiger partial charge on any atom is -0.326 e. The molecule has 1 aromatic carbocycles. The van der Waals surface area contributed by atoms with E-state index in [0.717, 1.165) is 5.56 Å². The number of aromatic nitrogens is 1. The fourth-order valence-corrected chi connectivity index (χ4v) is 1.97. The maximum absolute atomic E-state index is 12.0. The number of amides is 2. The van der Waals surface area contributed by atoms with Crippen LogP contribution in [0.2, 0.25) is 0 Å². The van der Waals surface area contributed by atoms with Gasteiger partial charge in [-0.1, -0.05) is 13.8 Å². The van der Waals surface area contributed by atoms with Crippen LogP contribution < -0.4 is 10.7 Å². The molecule has 0 spiro atoms. The van der Waals surface area contributed by atoms with Crippen molar-refractivity contribution in [1.82, 2.24) is 10.4 Å². The summed E-state index contributed by atoms with van der Waals surface area (Å²) in [5, 5.41) is 6.70. The van der Waals surface area contributed by atoms with Crippen LogP contribution in [0.5, 0.6) is 0 Å². The van der Waals surface area contributed by atoms with Gasteiger partial charge in [-0.15, -0.1) is 0 Å². The second kappa shape index (κ2) is 8.57. The summed E-state index contributed by atoms with van der Waals surface area (Å²) in [6, 6.07) is 10.2. The zero-order valence-corrected chi connectivity index (χ0v) is 13.7. The van der Waals surface area contributed by atoms with E-state index in [1.807, 2.05) is 13.8 Å². The van der Waals surface area contributed by atoms with Gasteiger partial charge in [0.05, 0.1) is 6.21 Å². The number of hydrogen-bond donors (Lipinski definition) is 2. The SMILES string of the molecule is CC(C)CC(=O)Nc1ccc(C(=O)N/N=C/c2ccncc2)cc1. The lowest BCUT2D eigenvalue weighted by Gasteiger charge is -2.07. The molecule has 6 nitrogen and oxygen atoms in total. The van der Waals surface area contributed by atoms with Crippen molar-refractivity contribution < 1.29 is 9.59 Å². The van der Waals surface area contributed by atoms with Crippen LogP contribution in [0.15, 0.2) is 53.9 Å². The molecule has 0 aliphatic rings. The zero-order chi connectivity index (χ0) is 17.4. The molecular formula is C18H20N4O2. The fraction of sp³-hybridized carbons (Fsp3) is 0.222. The Morgan fingerprint density at radius 2 is 1.79 bits per heavy atom. The first kappa shape index (κ1) is 17.3. The lowest BCUT2D eigenvalue weighted by atomic mass is 10.1. The number of hydrogen-bond acceptors (Lipinski definition) is 4. The molecule has 24 heavy (non-hydrogen) atoms. The molecule has 0 aliphatic heterocycles. The molecule has 2 N–H and O–H groups in total. The number of hydrazone groups is 1. The van der Waals surface area contributed by atoms with Crippen molar-refractivity contribution in [2.75, 3.05) is 5.32 Å². The molecule has 2 amide bonds. The molecule has 0 fully saturated rings. The predicted octanol–water partition coefficient (Wildman–Crippen LogP) is 2.83. The van der Waals surface area contributed by atoms with Gasteiger partial charge in [-0.25, -0.2) is 5.43 Å². The molecule has 0 saturated carbocycles. The first-order valence-electron chi connectivity index (χ1n) is 7.68. The third-order valence-corrected chi connectivity index (χ3v) is 3.11. The van der Waals surface area contributed by atoms with Crippen LogP contribution in [0, 0.1) is 5.92 Å². The summed E-state index contributed by atoms with van der Waals surface area (Å²) in [5.41, 5.74) is 4.42. The average Bonchev–Trinajstić information content (AvgIpc) is 2.55. The lowest BCUT2D eigenvalue weighted by Crippen LogP contribution is -2.18. The van der Waals surface area contributed by atoms with Crippen LogP contribution in [-0.2, 0) is 4.79 Å². The Hall–Kier alpha value is -3.02. The van der Waals surface area contributed by atoms with Gasteiger partial charge in [-0.05, 0) is 47.9 Å². The summed E-state index contributed by atoms with van der Waals surface area (Å²) in [6.45, 7) is 3.97. The molecule has 0 bridgehead atoms. The van der Waals surface area contributed by atoms with Gasteiger partial charge < -0.3 is 5.32 Å². The Balaban J connectivity index is 1.89. The van der Waals surface area contributed by atoms with Gasteiger partial charge in [0.25, 0.3) is 5.91 Å². The van der Waals surface area contributed by atoms with Crippen molar-refractivity contribution >= 4 is 23.7 Å². The summed E-state index contributed by atoms with van der Waals surface area (Å²) >= 11 is 0. The van der Waals surface area contributed by atoms with E-state index in [1.54, 1.807) is 55.0 Å². The highest BCUT2D eigenvalue weighted by Crippen LogP contribution is 2.11. The highest BCUT2D eigenvalue weighted by molar-refractivity contribution is 5.96. The fourth-order valence-electron chi connectivity index (χ4n) is 1.97. The van der Waals surface area contributed by atoms with Gasteiger partial charge in [-0.3, -0.25) is 14.6 Å². The van der Waals surface area contributed by atoms with Crippen LogP contribution in [0.3, 0.4) is 0 Å². The van der Waals surface area contributed by atoms with Crippen LogP contribution in [0.1, 0.15) is 36.2 Å². The van der Waals surface area contributed by atoms with Gasteiger partial charge in [0, 0.05) is 30.1 Å². The third kappa shape index (κ3) is 5.64. The van der Waals surface area contributed by atoms with E-state index in [4.69, 9.17) is 0 Å². The standard InChI is InChI=1S/C18H20N4O2/c1-13(2)11-17(23)21-16-5-3-15(4-6-16)18(24)22-20-12-14-7-9-19-10-8-14/h3-10,12-13H,11H2,1-2H3,(H,21,23)(H,22,24)/b20-12+. The maximum Gasteiger partial charge on any atom is 0.271 e. The molecule has 6 heteroatoms. The smallest absolute Gasteiger partial charge is 0.271 e. The molecule has 1 aromatic heterocycles. The number of pyridine rings is 1. The minimum atomic E-state index is -0.319. The molecule has 124 valence electrons. The second-order valence-electron chi connectivity index (χ2n) is 5.70. The number of carbonyl (C=O) groups excluding carboxylic acids is 2. The first-order chi connectivity index (χ1) is 11.5. The van der Waals surface area contributed by atoms with Gasteiger partial charge >= 0.3 is 0 Å². The van der Waals surface area contributed by atoms with Crippen molar-refractivity contribution in [3.8, 4) is 0 Å². The molecule has 0 atom stereocenters. The first-order valence-corrected chi connectivity index (χ1v) is 7.68. The number of carbonyl (C=O) groups is 2. The van der Waals surface area contributed by atoms with Crippen molar-refractivity contribution in [3.63, 3.8) is 0 Å². The number of nitrogens with zero attached hydrogens (tertiary/aromatic N) is 2. The Morgan fingerprint density at radius 1 is 1.12 bits per heavy atom. The van der Waals surface area contributed by atoms with Crippen LogP contribution in [-0.4, -0.2) is 23.0 Å². The Morgan fingerprint density at radius 3 is 2.42 bits per heavy atom. The van der Waals surface area contributed by atoms with Crippen LogP contribution >= 0.6 is 0 Å². The molecule has 2 rings (SSSR count). The highest BCUT2D eigenvalue weighted by Gasteiger charge is 2.07. The van der Waals surface area contributed by atoms with Gasteiger partial charge in [-0.2, -0.15) is 5.10 Å². The maximum atomic E-state index is 12.0. The minimum absolute atomic E-state index is 0.0378. The monoisotopic (exact) mass is 324 g/mol. The largest absolute Gasteiger partial charge is 0.326 e. The van der Waals surface area contributed by atoms with E-state index >= 15 is 0 Å². The number of benzene rings is 1. The van der Waals surface area contributed by atoms with Crippen molar-refractivity contribution in [2.24, 2.45) is 11.0 Å². The summed E-state index contributed by atoms with van der Waals surface area (Å²) in [7, 11) is 0. The molecule has 0 aliphatic carbocycles. The van der Waals surface area contributed by atoms with Crippen LogP contribution in [0.4, 0.5) is 5.69 Å². The van der Waals surface area contributed by atoms with Crippen LogP contribution in [0.25, 0.3) is 0 Å². The van der Waals surface area contributed by atoms with Gasteiger partial charge in [0.15, 0.2) is 0 Å². The lowest BCUT2D eigenvalue weighted by molar-refractivity contribution is -0.116. The summed E-state index contributed by atoms with van der Waals surface area (Å²) < 4.78 is 0. The molecule has 2 aromatic rings. The quantitative estimate of drug-likeness (QED) is 0.633. The Kier molecular flexibility index (Phi) is 6.19. The number of rotatable bonds is 6. The van der Waals surface area contributed by atoms with Gasteiger partial charge in [0.1, 0.15) is 0 Å². The average molecular weight is 324 g/mol. The summed E-state index contributed by atoms with van der Waals surface area (Å²) in [5.74, 6) is -0.0576. The zero-order valence-electron chi connectivity index (χ0n) is 13.7. The second-order valence-corrected chi connectivity index (χ2v) is 5.70. The molecule has 1 heterocycles. The van der Waals surface area contributed by atoms with E-state index in [9.17, 15) is 9.59 Å². The van der Waals surface area contributed by atoms with E-state index < -0.39 is 0 Å². The summed E-state index contributed by atoms with van der Waals surface area (Å²) in [6.07, 6.45) is 5.30. The molecule has 0 unspecified atom stereocenters. The Bertz CT molecular complexity index is 710. The van der Waals surface area contributed by atoms with Crippen molar-refractivity contribution in [2.45, 2.75) is 20.3 Å². The molecular weight excluding hydrogens is 304 g/mol. The van der Waals surface area contributed by atoms with E-state index in [1.165, 1.54) is 0 Å². The normalized spacial score (nSPS) is 10.8. The Labute approximate surface area is 141 Å². The van der Waals surface area contributed by atoms with Gasteiger partial charge in [0.2, 0.25) is 5.91 Å². The van der Waals surface area contributed by atoms with Crippen molar-refractivity contribution in [3.05, 3.63) is 59.9 Å². The van der Waals surface area contributed by atoms with E-state index in [-0.39, 0.29) is 11.8 Å². The van der Waals surface area contributed by atoms with Crippen molar-refractivity contribution in [1.29, 1.82) is 0 Å².